The number of aromatic nitrogens is 1. The number of aryl methyl sites for hydroxylation is 1. The molecule has 88 valence electrons. The average molecular weight is 285 g/mol. The Hall–Kier alpha value is -0.900. The third-order valence-corrected chi connectivity index (χ3v) is 2.67. The molecule has 0 N–H and O–H groups in total. The number of hydrogen-bond acceptors (Lipinski definition) is 2. The van der Waals surface area contributed by atoms with E-state index in [4.69, 9.17) is 0 Å². The normalized spacial score (nSPS) is 10.6. The molecule has 0 bridgehead atoms. The highest BCUT2D eigenvalue weighted by molar-refractivity contribution is 9.09. The first kappa shape index (κ1) is 13.2. The van der Waals surface area contributed by atoms with Gasteiger partial charge in [-0.2, -0.15) is 0 Å². The molecule has 0 aliphatic rings. The summed E-state index contributed by atoms with van der Waals surface area (Å²) in [7, 11) is 0. The first-order valence-electron chi connectivity index (χ1n) is 5.37. The van der Waals surface area contributed by atoms with Gasteiger partial charge in [0, 0.05) is 23.6 Å². The molecule has 0 fully saturated rings. The van der Waals surface area contributed by atoms with Gasteiger partial charge in [0.1, 0.15) is 5.69 Å². The fraction of sp³-hybridized carbons (Fsp3) is 0.500. The van der Waals surface area contributed by atoms with E-state index in [1.165, 1.54) is 0 Å². The van der Waals surface area contributed by atoms with Gasteiger partial charge in [-0.15, -0.1) is 0 Å². The van der Waals surface area contributed by atoms with Gasteiger partial charge in [-0.3, -0.25) is 4.79 Å². The number of halogens is 1. The number of amides is 1. The van der Waals surface area contributed by atoms with Gasteiger partial charge in [-0.05, 0) is 32.9 Å². The number of nitrogens with zero attached hydrogens (tertiary/aromatic N) is 2. The summed E-state index contributed by atoms with van der Waals surface area (Å²) < 4.78 is 0. The lowest BCUT2D eigenvalue weighted by Crippen LogP contribution is -2.38. The van der Waals surface area contributed by atoms with Crippen molar-refractivity contribution in [1.82, 2.24) is 9.88 Å². The van der Waals surface area contributed by atoms with Gasteiger partial charge in [0.05, 0.1) is 0 Å². The molecule has 0 atom stereocenters. The SMILES string of the molecule is Cc1cccc(C(=O)N(CCBr)C(C)C)n1. The molecule has 0 aromatic carbocycles. The Balaban J connectivity index is 2.90. The summed E-state index contributed by atoms with van der Waals surface area (Å²) in [4.78, 5) is 18.2. The second-order valence-electron chi connectivity index (χ2n) is 3.95. The third kappa shape index (κ3) is 3.30. The highest BCUT2D eigenvalue weighted by Crippen LogP contribution is 2.07. The monoisotopic (exact) mass is 284 g/mol. The van der Waals surface area contributed by atoms with E-state index in [2.05, 4.69) is 20.9 Å². The number of carbonyl (C=O) groups is 1. The molecule has 1 aromatic heterocycles. The summed E-state index contributed by atoms with van der Waals surface area (Å²) >= 11 is 3.36. The Kier molecular flexibility index (Phi) is 4.93. The van der Waals surface area contributed by atoms with Crippen LogP contribution in [0, 0.1) is 6.92 Å². The molecule has 1 heterocycles. The van der Waals surface area contributed by atoms with Gasteiger partial charge in [0.2, 0.25) is 0 Å². The van der Waals surface area contributed by atoms with Gasteiger partial charge < -0.3 is 4.90 Å². The maximum atomic E-state index is 12.2. The van der Waals surface area contributed by atoms with Crippen LogP contribution in [-0.4, -0.2) is 33.7 Å². The fourth-order valence-electron chi connectivity index (χ4n) is 1.49. The van der Waals surface area contributed by atoms with Crippen molar-refractivity contribution in [2.75, 3.05) is 11.9 Å². The zero-order chi connectivity index (χ0) is 12.1. The number of alkyl halides is 1. The summed E-state index contributed by atoms with van der Waals surface area (Å²) in [5, 5.41) is 0.780. The molecule has 1 rings (SSSR count). The molecular formula is C12H17BrN2O. The van der Waals surface area contributed by atoms with Crippen molar-refractivity contribution >= 4 is 21.8 Å². The second kappa shape index (κ2) is 5.99. The van der Waals surface area contributed by atoms with Gasteiger partial charge in [-0.25, -0.2) is 4.98 Å². The topological polar surface area (TPSA) is 33.2 Å². The molecule has 0 saturated heterocycles. The van der Waals surface area contributed by atoms with Crippen LogP contribution < -0.4 is 0 Å². The van der Waals surface area contributed by atoms with Crippen LogP contribution in [0.25, 0.3) is 0 Å². The second-order valence-corrected chi connectivity index (χ2v) is 4.74. The van der Waals surface area contributed by atoms with Crippen LogP contribution in [0.4, 0.5) is 0 Å². The Morgan fingerprint density at radius 2 is 2.19 bits per heavy atom. The minimum absolute atomic E-state index is 0.00171. The first-order valence-corrected chi connectivity index (χ1v) is 6.49. The number of pyridine rings is 1. The van der Waals surface area contributed by atoms with Crippen molar-refractivity contribution < 1.29 is 4.79 Å². The molecule has 4 heteroatoms. The fourth-order valence-corrected chi connectivity index (χ4v) is 1.88. The Bertz CT molecular complexity index is 366. The van der Waals surface area contributed by atoms with Crippen molar-refractivity contribution in [2.24, 2.45) is 0 Å². The van der Waals surface area contributed by atoms with Gasteiger partial charge in [-0.1, -0.05) is 22.0 Å². The lowest BCUT2D eigenvalue weighted by atomic mass is 10.2. The number of rotatable bonds is 4. The average Bonchev–Trinajstić information content (AvgIpc) is 2.24. The minimum atomic E-state index is -0.00171. The Morgan fingerprint density at radius 3 is 2.69 bits per heavy atom. The summed E-state index contributed by atoms with van der Waals surface area (Å²) in [6.45, 7) is 6.61. The first-order chi connectivity index (χ1) is 7.56. The van der Waals surface area contributed by atoms with Crippen molar-refractivity contribution in [3.05, 3.63) is 29.6 Å². The highest BCUT2D eigenvalue weighted by atomic mass is 79.9. The van der Waals surface area contributed by atoms with Crippen LogP contribution in [0.2, 0.25) is 0 Å². The lowest BCUT2D eigenvalue weighted by molar-refractivity contribution is 0.0713. The highest BCUT2D eigenvalue weighted by Gasteiger charge is 2.18. The van der Waals surface area contributed by atoms with Crippen LogP contribution in [0.15, 0.2) is 18.2 Å². The van der Waals surface area contributed by atoms with Gasteiger partial charge >= 0.3 is 0 Å². The molecule has 0 aliphatic heterocycles. The smallest absolute Gasteiger partial charge is 0.272 e. The Labute approximate surface area is 105 Å². The minimum Gasteiger partial charge on any atom is -0.334 e. The standard InChI is InChI=1S/C12H17BrN2O/c1-9(2)15(8-7-13)12(16)11-6-4-5-10(3)14-11/h4-6,9H,7-8H2,1-3H3. The summed E-state index contributed by atoms with van der Waals surface area (Å²) in [6.07, 6.45) is 0. The van der Waals surface area contributed by atoms with E-state index < -0.39 is 0 Å². The summed E-state index contributed by atoms with van der Waals surface area (Å²) in [6, 6.07) is 5.70. The van der Waals surface area contributed by atoms with Crippen molar-refractivity contribution in [1.29, 1.82) is 0 Å². The third-order valence-electron chi connectivity index (χ3n) is 2.32. The quantitative estimate of drug-likeness (QED) is 0.797. The van der Waals surface area contributed by atoms with Crippen LogP contribution in [0.3, 0.4) is 0 Å². The van der Waals surface area contributed by atoms with Crippen molar-refractivity contribution in [3.8, 4) is 0 Å². The molecule has 1 amide bonds. The summed E-state index contributed by atoms with van der Waals surface area (Å²) in [5.41, 5.74) is 1.39. The molecule has 0 aliphatic carbocycles. The van der Waals surface area contributed by atoms with E-state index in [1.54, 1.807) is 6.07 Å². The molecule has 0 spiro atoms. The van der Waals surface area contributed by atoms with E-state index in [-0.39, 0.29) is 11.9 Å². The predicted octanol–water partition coefficient (Wildman–Crippen LogP) is 2.64. The van der Waals surface area contributed by atoms with Gasteiger partial charge in [0.15, 0.2) is 0 Å². The van der Waals surface area contributed by atoms with E-state index in [0.717, 1.165) is 11.0 Å². The Morgan fingerprint density at radius 1 is 1.50 bits per heavy atom. The molecule has 0 radical (unpaired) electrons. The molecule has 0 saturated carbocycles. The van der Waals surface area contributed by atoms with Crippen LogP contribution in [0.5, 0.6) is 0 Å². The van der Waals surface area contributed by atoms with E-state index in [1.807, 2.05) is 37.8 Å². The maximum absolute atomic E-state index is 12.2. The van der Waals surface area contributed by atoms with Crippen molar-refractivity contribution in [2.45, 2.75) is 26.8 Å². The van der Waals surface area contributed by atoms with E-state index in [0.29, 0.717) is 12.2 Å². The van der Waals surface area contributed by atoms with Crippen molar-refractivity contribution in [3.63, 3.8) is 0 Å². The van der Waals surface area contributed by atoms with E-state index >= 15 is 0 Å². The lowest BCUT2D eigenvalue weighted by Gasteiger charge is -2.25. The largest absolute Gasteiger partial charge is 0.334 e. The molecule has 1 aromatic rings. The summed E-state index contributed by atoms with van der Waals surface area (Å²) in [5.74, 6) is -0.00171. The maximum Gasteiger partial charge on any atom is 0.272 e. The van der Waals surface area contributed by atoms with E-state index in [9.17, 15) is 4.79 Å². The van der Waals surface area contributed by atoms with Gasteiger partial charge in [0.25, 0.3) is 5.91 Å². The zero-order valence-corrected chi connectivity index (χ0v) is 11.5. The molecule has 16 heavy (non-hydrogen) atoms. The zero-order valence-electron chi connectivity index (χ0n) is 9.90. The van der Waals surface area contributed by atoms with Crippen LogP contribution in [-0.2, 0) is 0 Å². The molecular weight excluding hydrogens is 268 g/mol. The number of carbonyl (C=O) groups excluding carboxylic acids is 1. The molecule has 0 unspecified atom stereocenters. The number of hydrogen-bond donors (Lipinski definition) is 0. The van der Waals surface area contributed by atoms with Crippen LogP contribution >= 0.6 is 15.9 Å². The molecule has 3 nitrogen and oxygen atoms in total. The van der Waals surface area contributed by atoms with Crippen LogP contribution in [0.1, 0.15) is 30.0 Å². The predicted molar refractivity (Wildman–Crippen MR) is 68.9 cm³/mol.